The number of fused-ring (bicyclic) bond motifs is 1. The standard InChI is InChI=1S/C25H23BrN2O2/c1-17-11-12-20-21(15-27-14-19-9-5-6-10-22(19)26)24(25(29)30)28(23(20)13-17)16-18-7-3-2-4-8-18/h2-13,27H,14-16H2,1H3,(H,29,30). The van der Waals surface area contributed by atoms with Crippen molar-refractivity contribution in [1.82, 2.24) is 9.88 Å². The molecule has 4 rings (SSSR count). The molecule has 1 heterocycles. The van der Waals surface area contributed by atoms with Crippen molar-refractivity contribution in [3.05, 3.63) is 105 Å². The molecule has 5 heteroatoms. The molecule has 4 aromatic rings. The molecule has 0 amide bonds. The fourth-order valence-electron chi connectivity index (χ4n) is 3.85. The summed E-state index contributed by atoms with van der Waals surface area (Å²) in [5.41, 5.74) is 5.44. The summed E-state index contributed by atoms with van der Waals surface area (Å²) >= 11 is 3.57. The number of hydrogen-bond acceptors (Lipinski definition) is 2. The second kappa shape index (κ2) is 8.86. The number of carboxylic acids is 1. The van der Waals surface area contributed by atoms with Gasteiger partial charge in [-0.15, -0.1) is 0 Å². The highest BCUT2D eigenvalue weighted by Gasteiger charge is 2.22. The van der Waals surface area contributed by atoms with E-state index in [1.807, 2.05) is 72.2 Å². The maximum Gasteiger partial charge on any atom is 0.352 e. The lowest BCUT2D eigenvalue weighted by molar-refractivity contribution is 0.0685. The molecule has 0 aliphatic heterocycles. The first-order chi connectivity index (χ1) is 14.5. The molecule has 0 saturated heterocycles. The van der Waals surface area contributed by atoms with Gasteiger partial charge in [-0.2, -0.15) is 0 Å². The molecule has 0 fully saturated rings. The van der Waals surface area contributed by atoms with Crippen LogP contribution in [0.25, 0.3) is 10.9 Å². The van der Waals surface area contributed by atoms with E-state index in [4.69, 9.17) is 0 Å². The van der Waals surface area contributed by atoms with Gasteiger partial charge in [0.25, 0.3) is 0 Å². The van der Waals surface area contributed by atoms with Crippen LogP contribution >= 0.6 is 15.9 Å². The highest BCUT2D eigenvalue weighted by atomic mass is 79.9. The predicted octanol–water partition coefficient (Wildman–Crippen LogP) is 5.75. The van der Waals surface area contributed by atoms with Crippen LogP contribution in [-0.2, 0) is 19.6 Å². The molecule has 4 nitrogen and oxygen atoms in total. The lowest BCUT2D eigenvalue weighted by atomic mass is 10.1. The minimum absolute atomic E-state index is 0.346. The summed E-state index contributed by atoms with van der Waals surface area (Å²) in [5, 5.41) is 14.5. The van der Waals surface area contributed by atoms with Gasteiger partial charge in [0.05, 0.1) is 0 Å². The molecular weight excluding hydrogens is 440 g/mol. The van der Waals surface area contributed by atoms with Crippen molar-refractivity contribution in [2.24, 2.45) is 0 Å². The Bertz CT molecular complexity index is 1200. The number of aromatic nitrogens is 1. The molecule has 0 bridgehead atoms. The van der Waals surface area contributed by atoms with E-state index in [0.29, 0.717) is 25.3 Å². The molecule has 3 aromatic carbocycles. The number of nitrogens with zero attached hydrogens (tertiary/aromatic N) is 1. The molecule has 30 heavy (non-hydrogen) atoms. The number of benzene rings is 3. The highest BCUT2D eigenvalue weighted by molar-refractivity contribution is 9.10. The lowest BCUT2D eigenvalue weighted by Gasteiger charge is -2.10. The van der Waals surface area contributed by atoms with Gasteiger partial charge in [0, 0.05) is 40.6 Å². The first-order valence-electron chi connectivity index (χ1n) is 9.87. The van der Waals surface area contributed by atoms with E-state index >= 15 is 0 Å². The zero-order chi connectivity index (χ0) is 21.1. The molecule has 0 aliphatic rings. The third-order valence-corrected chi connectivity index (χ3v) is 6.06. The zero-order valence-electron chi connectivity index (χ0n) is 16.7. The van der Waals surface area contributed by atoms with E-state index in [1.165, 1.54) is 0 Å². The average molecular weight is 463 g/mol. The zero-order valence-corrected chi connectivity index (χ0v) is 18.3. The monoisotopic (exact) mass is 462 g/mol. The Labute approximate surface area is 184 Å². The summed E-state index contributed by atoms with van der Waals surface area (Å²) in [5.74, 6) is -0.905. The largest absolute Gasteiger partial charge is 0.477 e. The maximum absolute atomic E-state index is 12.3. The van der Waals surface area contributed by atoms with Crippen LogP contribution in [0.3, 0.4) is 0 Å². The Hall–Kier alpha value is -2.89. The van der Waals surface area contributed by atoms with Crippen molar-refractivity contribution in [2.45, 2.75) is 26.6 Å². The van der Waals surface area contributed by atoms with Crippen LogP contribution in [0.2, 0.25) is 0 Å². The van der Waals surface area contributed by atoms with Gasteiger partial charge in [0.2, 0.25) is 0 Å². The third kappa shape index (κ3) is 4.18. The van der Waals surface area contributed by atoms with Gasteiger partial charge in [-0.1, -0.05) is 76.6 Å². The van der Waals surface area contributed by atoms with Crippen LogP contribution < -0.4 is 5.32 Å². The fourth-order valence-corrected chi connectivity index (χ4v) is 4.27. The van der Waals surface area contributed by atoms with Gasteiger partial charge in [-0.3, -0.25) is 0 Å². The number of hydrogen-bond donors (Lipinski definition) is 2. The van der Waals surface area contributed by atoms with Gasteiger partial charge >= 0.3 is 5.97 Å². The second-order valence-electron chi connectivity index (χ2n) is 7.42. The number of carboxylic acid groups (broad SMARTS) is 1. The normalized spacial score (nSPS) is 11.1. The van der Waals surface area contributed by atoms with Gasteiger partial charge in [-0.05, 0) is 35.7 Å². The molecule has 0 radical (unpaired) electrons. The molecular formula is C25H23BrN2O2. The number of aryl methyl sites for hydroxylation is 1. The Balaban J connectivity index is 1.73. The second-order valence-corrected chi connectivity index (χ2v) is 8.27. The maximum atomic E-state index is 12.3. The van der Waals surface area contributed by atoms with Crippen molar-refractivity contribution < 1.29 is 9.90 Å². The molecule has 0 saturated carbocycles. The molecule has 0 unspecified atom stereocenters. The Morgan fingerprint density at radius 3 is 2.47 bits per heavy atom. The summed E-state index contributed by atoms with van der Waals surface area (Å²) in [6.07, 6.45) is 0. The van der Waals surface area contributed by atoms with E-state index in [9.17, 15) is 9.90 Å². The SMILES string of the molecule is Cc1ccc2c(CNCc3ccccc3Br)c(C(=O)O)n(Cc3ccccc3)c2c1. The van der Waals surface area contributed by atoms with Gasteiger partial charge in [-0.25, -0.2) is 4.79 Å². The molecule has 1 aromatic heterocycles. The Morgan fingerprint density at radius 2 is 1.73 bits per heavy atom. The van der Waals surface area contributed by atoms with Crippen molar-refractivity contribution >= 4 is 32.8 Å². The van der Waals surface area contributed by atoms with E-state index in [0.717, 1.165) is 37.6 Å². The predicted molar refractivity (Wildman–Crippen MR) is 124 cm³/mol. The first kappa shape index (κ1) is 20.4. The summed E-state index contributed by atoms with van der Waals surface area (Å²) < 4.78 is 2.97. The van der Waals surface area contributed by atoms with E-state index < -0.39 is 5.97 Å². The number of halogens is 1. The van der Waals surface area contributed by atoms with Crippen LogP contribution in [-0.4, -0.2) is 15.6 Å². The molecule has 0 atom stereocenters. The summed E-state index contributed by atoms with van der Waals surface area (Å²) in [6.45, 7) is 3.68. The van der Waals surface area contributed by atoms with Crippen LogP contribution in [0.1, 0.15) is 32.7 Å². The number of aromatic carboxylic acids is 1. The van der Waals surface area contributed by atoms with Crippen LogP contribution in [0, 0.1) is 6.92 Å². The number of nitrogens with one attached hydrogen (secondary N) is 1. The van der Waals surface area contributed by atoms with Crippen LogP contribution in [0.15, 0.2) is 77.3 Å². The topological polar surface area (TPSA) is 54.3 Å². The van der Waals surface area contributed by atoms with E-state index in [2.05, 4.69) is 33.4 Å². The minimum Gasteiger partial charge on any atom is -0.477 e. The summed E-state index contributed by atoms with van der Waals surface area (Å²) in [4.78, 5) is 12.3. The summed E-state index contributed by atoms with van der Waals surface area (Å²) in [6, 6.07) is 24.2. The van der Waals surface area contributed by atoms with Gasteiger partial charge < -0.3 is 15.0 Å². The highest BCUT2D eigenvalue weighted by Crippen LogP contribution is 2.29. The first-order valence-corrected chi connectivity index (χ1v) is 10.7. The van der Waals surface area contributed by atoms with Crippen molar-refractivity contribution in [3.63, 3.8) is 0 Å². The molecule has 0 spiro atoms. The third-order valence-electron chi connectivity index (χ3n) is 5.29. The fraction of sp³-hybridized carbons (Fsp3) is 0.160. The summed E-state index contributed by atoms with van der Waals surface area (Å²) in [7, 11) is 0. The van der Waals surface area contributed by atoms with Crippen molar-refractivity contribution in [1.29, 1.82) is 0 Å². The quantitative estimate of drug-likeness (QED) is 0.367. The molecule has 0 aliphatic carbocycles. The minimum atomic E-state index is -0.905. The lowest BCUT2D eigenvalue weighted by Crippen LogP contribution is -2.17. The Morgan fingerprint density at radius 1 is 1.00 bits per heavy atom. The molecule has 2 N–H and O–H groups in total. The Kier molecular flexibility index (Phi) is 6.02. The number of rotatable bonds is 7. The van der Waals surface area contributed by atoms with Gasteiger partial charge in [0.1, 0.15) is 5.69 Å². The van der Waals surface area contributed by atoms with E-state index in [-0.39, 0.29) is 0 Å². The van der Waals surface area contributed by atoms with Crippen molar-refractivity contribution in [2.75, 3.05) is 0 Å². The molecule has 152 valence electrons. The van der Waals surface area contributed by atoms with Gasteiger partial charge in [0.15, 0.2) is 0 Å². The smallest absolute Gasteiger partial charge is 0.352 e. The number of carbonyl (C=O) groups is 1. The van der Waals surface area contributed by atoms with E-state index in [1.54, 1.807) is 0 Å². The van der Waals surface area contributed by atoms with Crippen LogP contribution in [0.5, 0.6) is 0 Å². The van der Waals surface area contributed by atoms with Crippen LogP contribution in [0.4, 0.5) is 0 Å². The average Bonchev–Trinajstić information content (AvgIpc) is 3.03. The van der Waals surface area contributed by atoms with Crippen molar-refractivity contribution in [3.8, 4) is 0 Å².